The van der Waals surface area contributed by atoms with Crippen LogP contribution in [0.2, 0.25) is 0 Å². The van der Waals surface area contributed by atoms with Gasteiger partial charge in [-0.25, -0.2) is 0 Å². The van der Waals surface area contributed by atoms with Crippen LogP contribution >= 0.6 is 15.9 Å². The highest BCUT2D eigenvalue weighted by molar-refractivity contribution is 9.11. The fourth-order valence-corrected chi connectivity index (χ4v) is 2.85. The zero-order valence-electron chi connectivity index (χ0n) is 18.2. The van der Waals surface area contributed by atoms with Gasteiger partial charge in [0.1, 0.15) is 6.10 Å². The number of rotatable bonds is 11. The number of ether oxygens (including phenoxy) is 8. The van der Waals surface area contributed by atoms with Crippen LogP contribution in [0.5, 0.6) is 0 Å². The lowest BCUT2D eigenvalue weighted by atomic mass is 9.96. The summed E-state index contributed by atoms with van der Waals surface area (Å²) in [7, 11) is 7.06. The van der Waals surface area contributed by atoms with E-state index in [4.69, 9.17) is 37.9 Å². The van der Waals surface area contributed by atoms with E-state index < -0.39 is 24.8 Å². The van der Waals surface area contributed by atoms with Gasteiger partial charge in [-0.1, -0.05) is 0 Å². The van der Waals surface area contributed by atoms with Crippen LogP contribution in [0.3, 0.4) is 0 Å². The molecular weight excluding hydrogens is 456 g/mol. The summed E-state index contributed by atoms with van der Waals surface area (Å²) in [6.07, 6.45) is -0.968. The largest absolute Gasteiger partial charge is 0.494 e. The van der Waals surface area contributed by atoms with Gasteiger partial charge in [0, 0.05) is 34.5 Å². The first-order chi connectivity index (χ1) is 13.7. The van der Waals surface area contributed by atoms with Gasteiger partial charge in [-0.05, 0) is 42.3 Å². The molecule has 29 heavy (non-hydrogen) atoms. The maximum atomic E-state index is 10.3. The SMILES string of the molecule is CCOC(OC)OC(OC)OCC.COC1=C(OC)C(O)(OC)C(Br)=C(C)C1O. The molecule has 0 amide bonds. The Hall–Kier alpha value is -0.760. The molecule has 0 heterocycles. The van der Waals surface area contributed by atoms with E-state index in [0.29, 0.717) is 23.3 Å². The summed E-state index contributed by atoms with van der Waals surface area (Å²) >= 11 is 3.19. The van der Waals surface area contributed by atoms with Gasteiger partial charge in [0.2, 0.25) is 5.76 Å². The van der Waals surface area contributed by atoms with Crippen molar-refractivity contribution in [2.45, 2.75) is 45.6 Å². The molecule has 0 radical (unpaired) electrons. The van der Waals surface area contributed by atoms with Crippen LogP contribution in [0.4, 0.5) is 0 Å². The number of aliphatic hydroxyl groups excluding tert-OH is 1. The predicted octanol–water partition coefficient (Wildman–Crippen LogP) is 1.81. The molecule has 1 rings (SSSR count). The summed E-state index contributed by atoms with van der Waals surface area (Å²) in [6, 6.07) is 0. The summed E-state index contributed by atoms with van der Waals surface area (Å²) in [5.74, 6) is -1.60. The van der Waals surface area contributed by atoms with Crippen molar-refractivity contribution in [2.24, 2.45) is 0 Å². The zero-order chi connectivity index (χ0) is 22.6. The lowest BCUT2D eigenvalue weighted by Gasteiger charge is -2.35. The molecule has 0 saturated carbocycles. The first-order valence-electron chi connectivity index (χ1n) is 8.81. The van der Waals surface area contributed by atoms with Gasteiger partial charge >= 0.3 is 0 Å². The van der Waals surface area contributed by atoms with Gasteiger partial charge in [-0.15, -0.1) is 0 Å². The van der Waals surface area contributed by atoms with Crippen LogP contribution < -0.4 is 0 Å². The Bertz CT molecular complexity index is 527. The molecule has 0 saturated heterocycles. The summed E-state index contributed by atoms with van der Waals surface area (Å²) in [5.41, 5.74) is 0.502. The second-order valence-electron chi connectivity index (χ2n) is 5.44. The number of hydrogen-bond acceptors (Lipinski definition) is 10. The van der Waals surface area contributed by atoms with Crippen LogP contribution in [0.1, 0.15) is 20.8 Å². The molecule has 0 aromatic rings. The molecule has 4 atom stereocenters. The monoisotopic (exact) mass is 488 g/mol. The smallest absolute Gasteiger partial charge is 0.275 e. The number of methoxy groups -OCH3 is 5. The Labute approximate surface area is 180 Å². The van der Waals surface area contributed by atoms with E-state index in [1.165, 1.54) is 35.5 Å². The molecule has 172 valence electrons. The first-order valence-corrected chi connectivity index (χ1v) is 9.60. The molecule has 0 aromatic heterocycles. The maximum absolute atomic E-state index is 10.3. The molecule has 1 aliphatic carbocycles. The van der Waals surface area contributed by atoms with Gasteiger partial charge in [0.25, 0.3) is 18.7 Å². The number of hydrogen-bond donors (Lipinski definition) is 2. The van der Waals surface area contributed by atoms with Crippen molar-refractivity contribution >= 4 is 15.9 Å². The van der Waals surface area contributed by atoms with Crippen molar-refractivity contribution in [3.05, 3.63) is 21.6 Å². The van der Waals surface area contributed by atoms with E-state index in [1.807, 2.05) is 13.8 Å². The molecule has 0 spiro atoms. The van der Waals surface area contributed by atoms with E-state index in [9.17, 15) is 10.2 Å². The molecule has 0 fully saturated rings. The minimum absolute atomic E-state index is 0.0301. The van der Waals surface area contributed by atoms with Crippen molar-refractivity contribution in [3.8, 4) is 0 Å². The molecule has 11 heteroatoms. The fraction of sp³-hybridized carbons (Fsp3) is 0.778. The summed E-state index contributed by atoms with van der Waals surface area (Å²) in [6.45, 7) is 4.85. The van der Waals surface area contributed by atoms with E-state index in [1.54, 1.807) is 6.92 Å². The standard InChI is InChI=1S/C10H15BrO5.C8H18O5/c1-5-6(12)7(14-2)9(15-3)10(13,16-4)8(5)11;1-5-11-7(9-3)13-8(10-4)12-6-2/h6,12-13H,1-4H3;7-8H,5-6H2,1-4H3. The third kappa shape index (κ3) is 7.46. The van der Waals surface area contributed by atoms with Crippen LogP contribution in [0.15, 0.2) is 21.6 Å². The maximum Gasteiger partial charge on any atom is 0.275 e. The van der Waals surface area contributed by atoms with Gasteiger partial charge in [0.05, 0.1) is 18.7 Å². The topological polar surface area (TPSA) is 114 Å². The molecule has 2 N–H and O–H groups in total. The highest BCUT2D eigenvalue weighted by Gasteiger charge is 2.47. The summed E-state index contributed by atoms with van der Waals surface area (Å²) < 4.78 is 40.4. The molecule has 4 unspecified atom stereocenters. The Morgan fingerprint density at radius 3 is 1.76 bits per heavy atom. The van der Waals surface area contributed by atoms with E-state index in [-0.39, 0.29) is 11.5 Å². The lowest BCUT2D eigenvalue weighted by Crippen LogP contribution is -2.42. The van der Waals surface area contributed by atoms with Gasteiger partial charge in [0.15, 0.2) is 5.76 Å². The van der Waals surface area contributed by atoms with E-state index in [0.717, 1.165) is 0 Å². The Balaban J connectivity index is 0.000000555. The lowest BCUT2D eigenvalue weighted by molar-refractivity contribution is -0.387. The molecular formula is C18H33BrO10. The third-order valence-electron chi connectivity index (χ3n) is 3.77. The van der Waals surface area contributed by atoms with Crippen LogP contribution in [-0.4, -0.2) is 83.8 Å². The zero-order valence-corrected chi connectivity index (χ0v) is 19.8. The molecule has 0 aromatic carbocycles. The van der Waals surface area contributed by atoms with Crippen LogP contribution in [0.25, 0.3) is 0 Å². The second kappa shape index (κ2) is 14.3. The summed E-state index contributed by atoms with van der Waals surface area (Å²) in [5, 5.41) is 20.2. The highest BCUT2D eigenvalue weighted by Crippen LogP contribution is 2.42. The van der Waals surface area contributed by atoms with Crippen molar-refractivity contribution in [1.29, 1.82) is 0 Å². The molecule has 1 aliphatic rings. The van der Waals surface area contributed by atoms with Crippen molar-refractivity contribution in [1.82, 2.24) is 0 Å². The van der Waals surface area contributed by atoms with Crippen molar-refractivity contribution in [3.63, 3.8) is 0 Å². The molecule has 0 aliphatic heterocycles. The minimum atomic E-state index is -1.76. The van der Waals surface area contributed by atoms with E-state index in [2.05, 4.69) is 15.9 Å². The van der Waals surface area contributed by atoms with Gasteiger partial charge in [-0.3, -0.25) is 4.74 Å². The van der Waals surface area contributed by atoms with Crippen LogP contribution in [0, 0.1) is 0 Å². The average molecular weight is 489 g/mol. The fourth-order valence-electron chi connectivity index (χ4n) is 2.29. The van der Waals surface area contributed by atoms with Crippen molar-refractivity contribution < 1.29 is 48.1 Å². The van der Waals surface area contributed by atoms with Crippen molar-refractivity contribution in [2.75, 3.05) is 48.8 Å². The third-order valence-corrected chi connectivity index (χ3v) is 4.93. The Morgan fingerprint density at radius 2 is 1.45 bits per heavy atom. The predicted molar refractivity (Wildman–Crippen MR) is 107 cm³/mol. The average Bonchev–Trinajstić information content (AvgIpc) is 2.73. The second-order valence-corrected chi connectivity index (χ2v) is 6.24. The first kappa shape index (κ1) is 28.2. The van der Waals surface area contributed by atoms with Gasteiger partial charge in [-0.2, -0.15) is 0 Å². The van der Waals surface area contributed by atoms with Crippen LogP contribution in [-0.2, 0) is 37.9 Å². The Kier molecular flexibility index (Phi) is 13.9. The number of aliphatic hydroxyl groups is 2. The Morgan fingerprint density at radius 1 is 0.966 bits per heavy atom. The highest BCUT2D eigenvalue weighted by atomic mass is 79.9. The summed E-state index contributed by atoms with van der Waals surface area (Å²) in [4.78, 5) is 0. The molecule has 10 nitrogen and oxygen atoms in total. The normalized spacial score (nSPS) is 24.0. The van der Waals surface area contributed by atoms with Gasteiger partial charge < -0.3 is 43.4 Å². The van der Waals surface area contributed by atoms with E-state index >= 15 is 0 Å². The molecule has 0 bridgehead atoms. The quantitative estimate of drug-likeness (QED) is 0.417. The number of halogens is 1. The minimum Gasteiger partial charge on any atom is -0.494 e.